The Hall–Kier alpha value is -5.22. The summed E-state index contributed by atoms with van der Waals surface area (Å²) in [4.78, 5) is 19.4. The third kappa shape index (κ3) is 4.20. The van der Waals surface area contributed by atoms with E-state index >= 15 is 0 Å². The van der Waals surface area contributed by atoms with Gasteiger partial charge in [0.25, 0.3) is 0 Å². The Morgan fingerprint density at radius 1 is 0.400 bits per heavy atom. The van der Waals surface area contributed by atoms with E-state index in [-0.39, 0.29) is 0 Å². The summed E-state index contributed by atoms with van der Waals surface area (Å²) >= 11 is 0. The SMILES string of the molecule is Cc1ccc(-c2nccc(-c3c4ccccc4c(-c4ccnc(-c5ccc(C)cc5)n4)c4ccccc34)n2)cc1. The van der Waals surface area contributed by atoms with Gasteiger partial charge in [0, 0.05) is 34.6 Å². The highest BCUT2D eigenvalue weighted by molar-refractivity contribution is 6.20. The summed E-state index contributed by atoms with van der Waals surface area (Å²) in [6.07, 6.45) is 3.71. The molecule has 0 aliphatic rings. The molecule has 7 aromatic rings. The fourth-order valence-corrected chi connectivity index (χ4v) is 5.36. The van der Waals surface area contributed by atoms with Crippen LogP contribution < -0.4 is 0 Å². The molecule has 40 heavy (non-hydrogen) atoms. The molecule has 0 spiro atoms. The molecule has 0 N–H and O–H groups in total. The second-order valence-electron chi connectivity index (χ2n) is 10.1. The van der Waals surface area contributed by atoms with E-state index in [0.717, 1.165) is 55.2 Å². The molecule has 0 aliphatic heterocycles. The third-order valence-electron chi connectivity index (χ3n) is 7.37. The van der Waals surface area contributed by atoms with Crippen LogP contribution >= 0.6 is 0 Å². The summed E-state index contributed by atoms with van der Waals surface area (Å²) < 4.78 is 0. The van der Waals surface area contributed by atoms with E-state index < -0.39 is 0 Å². The van der Waals surface area contributed by atoms with Crippen LogP contribution in [-0.2, 0) is 0 Å². The van der Waals surface area contributed by atoms with Crippen LogP contribution in [0, 0.1) is 13.8 Å². The lowest BCUT2D eigenvalue weighted by atomic mass is 9.89. The van der Waals surface area contributed by atoms with Gasteiger partial charge >= 0.3 is 0 Å². The first-order valence-corrected chi connectivity index (χ1v) is 13.4. The molecule has 4 heteroatoms. The molecule has 0 aliphatic carbocycles. The number of hydrogen-bond acceptors (Lipinski definition) is 4. The molecule has 0 saturated heterocycles. The Labute approximate surface area is 233 Å². The highest BCUT2D eigenvalue weighted by Gasteiger charge is 2.19. The summed E-state index contributed by atoms with van der Waals surface area (Å²) in [6, 6.07) is 37.8. The zero-order valence-electron chi connectivity index (χ0n) is 22.3. The molecule has 0 bridgehead atoms. The Morgan fingerprint density at radius 2 is 0.750 bits per heavy atom. The minimum absolute atomic E-state index is 0.716. The van der Waals surface area contributed by atoms with Crippen molar-refractivity contribution < 1.29 is 0 Å². The van der Waals surface area contributed by atoms with Crippen LogP contribution in [0.15, 0.2) is 122 Å². The van der Waals surface area contributed by atoms with Gasteiger partial charge < -0.3 is 0 Å². The van der Waals surface area contributed by atoms with Crippen LogP contribution in [0.25, 0.3) is 66.8 Å². The zero-order chi connectivity index (χ0) is 27.1. The molecule has 4 nitrogen and oxygen atoms in total. The first-order chi connectivity index (χ1) is 19.7. The lowest BCUT2D eigenvalue weighted by Crippen LogP contribution is -1.97. The van der Waals surface area contributed by atoms with Gasteiger partial charge in [0.05, 0.1) is 11.4 Å². The molecule has 0 atom stereocenters. The fourth-order valence-electron chi connectivity index (χ4n) is 5.36. The van der Waals surface area contributed by atoms with Crippen LogP contribution in [0.3, 0.4) is 0 Å². The standard InChI is InChI=1S/C36H26N4/c1-23-11-15-25(16-12-23)35-37-21-19-31(39-35)33-27-7-3-5-9-29(27)34(30-10-6-4-8-28(30)33)32-20-22-38-36(40-32)26-17-13-24(2)14-18-26/h3-22H,1-2H3. The number of fused-ring (bicyclic) bond motifs is 2. The lowest BCUT2D eigenvalue weighted by Gasteiger charge is -2.17. The minimum Gasteiger partial charge on any atom is -0.237 e. The van der Waals surface area contributed by atoms with E-state index in [9.17, 15) is 0 Å². The topological polar surface area (TPSA) is 51.6 Å². The van der Waals surface area contributed by atoms with Crippen molar-refractivity contribution in [1.82, 2.24) is 19.9 Å². The van der Waals surface area contributed by atoms with E-state index in [1.165, 1.54) is 11.1 Å². The number of nitrogens with zero attached hydrogens (tertiary/aromatic N) is 4. The predicted molar refractivity (Wildman–Crippen MR) is 164 cm³/mol. The van der Waals surface area contributed by atoms with Crippen LogP contribution in [0.2, 0.25) is 0 Å². The zero-order valence-corrected chi connectivity index (χ0v) is 22.3. The van der Waals surface area contributed by atoms with E-state index in [1.54, 1.807) is 0 Å². The Bertz CT molecular complexity index is 1810. The number of rotatable bonds is 4. The second-order valence-corrected chi connectivity index (χ2v) is 10.1. The Morgan fingerprint density at radius 3 is 1.10 bits per heavy atom. The van der Waals surface area contributed by atoms with E-state index in [1.807, 2.05) is 24.5 Å². The van der Waals surface area contributed by atoms with Gasteiger partial charge in [0.2, 0.25) is 0 Å². The molecular formula is C36H26N4. The van der Waals surface area contributed by atoms with E-state index in [4.69, 9.17) is 9.97 Å². The number of benzene rings is 5. The van der Waals surface area contributed by atoms with Crippen molar-refractivity contribution >= 4 is 21.5 Å². The summed E-state index contributed by atoms with van der Waals surface area (Å²) in [6.45, 7) is 4.17. The maximum atomic E-state index is 5.07. The molecule has 2 heterocycles. The highest BCUT2D eigenvalue weighted by Crippen LogP contribution is 2.42. The fraction of sp³-hybridized carbons (Fsp3) is 0.0556. The van der Waals surface area contributed by atoms with Gasteiger partial charge in [-0.3, -0.25) is 0 Å². The average molecular weight is 515 g/mol. The van der Waals surface area contributed by atoms with Gasteiger partial charge in [-0.15, -0.1) is 0 Å². The quantitative estimate of drug-likeness (QED) is 0.220. The Kier molecular flexibility index (Phi) is 5.86. The molecule has 7 rings (SSSR count). The molecule has 190 valence electrons. The smallest absolute Gasteiger partial charge is 0.159 e. The van der Waals surface area contributed by atoms with Crippen LogP contribution in [0.4, 0.5) is 0 Å². The highest BCUT2D eigenvalue weighted by atomic mass is 14.9. The van der Waals surface area contributed by atoms with Crippen LogP contribution in [0.5, 0.6) is 0 Å². The normalized spacial score (nSPS) is 11.2. The van der Waals surface area contributed by atoms with Gasteiger partial charge in [-0.05, 0) is 47.5 Å². The monoisotopic (exact) mass is 514 g/mol. The van der Waals surface area contributed by atoms with Gasteiger partial charge in [-0.25, -0.2) is 19.9 Å². The lowest BCUT2D eigenvalue weighted by molar-refractivity contribution is 1.18. The summed E-state index contributed by atoms with van der Waals surface area (Å²) in [7, 11) is 0. The summed E-state index contributed by atoms with van der Waals surface area (Å²) in [5, 5.41) is 4.50. The molecular weight excluding hydrogens is 488 g/mol. The van der Waals surface area contributed by atoms with Gasteiger partial charge in [0.1, 0.15) is 0 Å². The summed E-state index contributed by atoms with van der Waals surface area (Å²) in [5.74, 6) is 1.43. The first-order valence-electron chi connectivity index (χ1n) is 13.4. The van der Waals surface area contributed by atoms with Crippen molar-refractivity contribution in [2.75, 3.05) is 0 Å². The van der Waals surface area contributed by atoms with Crippen molar-refractivity contribution in [3.63, 3.8) is 0 Å². The van der Waals surface area contributed by atoms with Crippen LogP contribution in [-0.4, -0.2) is 19.9 Å². The first kappa shape index (κ1) is 23.9. The number of hydrogen-bond donors (Lipinski definition) is 0. The molecule has 0 radical (unpaired) electrons. The largest absolute Gasteiger partial charge is 0.237 e. The Balaban J connectivity index is 1.48. The number of aromatic nitrogens is 4. The van der Waals surface area contributed by atoms with Crippen LogP contribution in [0.1, 0.15) is 11.1 Å². The molecule has 0 amide bonds. The van der Waals surface area contributed by atoms with Crippen molar-refractivity contribution in [2.45, 2.75) is 13.8 Å². The van der Waals surface area contributed by atoms with Crippen molar-refractivity contribution in [3.8, 4) is 45.3 Å². The molecule has 2 aromatic heterocycles. The van der Waals surface area contributed by atoms with Gasteiger partial charge in [0.15, 0.2) is 11.6 Å². The van der Waals surface area contributed by atoms with E-state index in [0.29, 0.717) is 11.6 Å². The maximum absolute atomic E-state index is 5.07. The van der Waals surface area contributed by atoms with Crippen molar-refractivity contribution in [1.29, 1.82) is 0 Å². The molecule has 0 fully saturated rings. The maximum Gasteiger partial charge on any atom is 0.159 e. The molecule has 5 aromatic carbocycles. The number of aryl methyl sites for hydroxylation is 2. The summed E-state index contributed by atoms with van der Waals surface area (Å²) in [5.41, 5.74) is 8.41. The molecule has 0 saturated carbocycles. The van der Waals surface area contributed by atoms with Crippen molar-refractivity contribution in [3.05, 3.63) is 133 Å². The second kappa shape index (κ2) is 9.83. The third-order valence-corrected chi connectivity index (χ3v) is 7.37. The van der Waals surface area contributed by atoms with Crippen molar-refractivity contribution in [2.24, 2.45) is 0 Å². The average Bonchev–Trinajstić information content (AvgIpc) is 3.00. The van der Waals surface area contributed by atoms with Gasteiger partial charge in [-0.2, -0.15) is 0 Å². The minimum atomic E-state index is 0.716. The van der Waals surface area contributed by atoms with E-state index in [2.05, 4.69) is 121 Å². The predicted octanol–water partition coefficient (Wildman–Crippen LogP) is 8.86. The van der Waals surface area contributed by atoms with Gasteiger partial charge in [-0.1, -0.05) is 108 Å². The molecule has 0 unspecified atom stereocenters.